The molecule has 182 valence electrons. The number of fused-ring (bicyclic) bond motifs is 1. The molecular formula is C24H24F2N6O3. The lowest BCUT2D eigenvalue weighted by Crippen LogP contribution is -2.48. The number of anilines is 1. The van der Waals surface area contributed by atoms with Gasteiger partial charge in [0.1, 0.15) is 11.2 Å². The molecule has 11 heteroatoms. The van der Waals surface area contributed by atoms with Gasteiger partial charge in [-0.15, -0.1) is 0 Å². The number of carbonyl (C=O) groups excluding carboxylic acids is 1. The summed E-state index contributed by atoms with van der Waals surface area (Å²) in [6, 6.07) is 7.01. The standard InChI is InChI=1S/C24H24F2N6O3/c1-22(2,34)19-10-29-20(11-28-19)32-13-23(35-21(32)33)5-6-24(25,26)16(8-23)12-31-14-30-17-4-3-15(9-27)7-18(17)31/h3-4,7,10-11,14,16,34H,5-6,8,12-13H2,1-2H3/t16-,23-/m1/s1. The summed E-state index contributed by atoms with van der Waals surface area (Å²) in [6.45, 7) is 3.20. The van der Waals surface area contributed by atoms with Gasteiger partial charge in [0.05, 0.1) is 53.6 Å². The van der Waals surface area contributed by atoms with Crippen molar-refractivity contribution in [2.24, 2.45) is 5.92 Å². The minimum atomic E-state index is -2.96. The van der Waals surface area contributed by atoms with E-state index in [-0.39, 0.29) is 31.7 Å². The highest BCUT2D eigenvalue weighted by atomic mass is 19.3. The second-order valence-electron chi connectivity index (χ2n) is 9.83. The molecule has 1 aliphatic carbocycles. The number of amides is 1. The Morgan fingerprint density at radius 3 is 2.74 bits per heavy atom. The zero-order chi connectivity index (χ0) is 25.0. The van der Waals surface area contributed by atoms with E-state index in [1.54, 1.807) is 36.6 Å². The molecule has 2 fully saturated rings. The van der Waals surface area contributed by atoms with Crippen molar-refractivity contribution in [2.75, 3.05) is 11.4 Å². The van der Waals surface area contributed by atoms with E-state index in [9.17, 15) is 15.2 Å². The van der Waals surface area contributed by atoms with Crippen LogP contribution in [0.3, 0.4) is 0 Å². The van der Waals surface area contributed by atoms with E-state index in [1.807, 2.05) is 0 Å². The molecule has 0 unspecified atom stereocenters. The van der Waals surface area contributed by atoms with Crippen LogP contribution in [0.2, 0.25) is 0 Å². The van der Waals surface area contributed by atoms with Crippen LogP contribution in [0, 0.1) is 17.2 Å². The average molecular weight is 482 g/mol. The number of hydrogen-bond donors (Lipinski definition) is 1. The maximum absolute atomic E-state index is 15.0. The maximum atomic E-state index is 15.0. The third kappa shape index (κ3) is 4.18. The highest BCUT2D eigenvalue weighted by Crippen LogP contribution is 2.48. The number of imidazole rings is 1. The van der Waals surface area contributed by atoms with Crippen LogP contribution in [0.4, 0.5) is 19.4 Å². The largest absolute Gasteiger partial charge is 0.441 e. The molecule has 3 heterocycles. The van der Waals surface area contributed by atoms with Crippen molar-refractivity contribution in [3.8, 4) is 6.07 Å². The van der Waals surface area contributed by atoms with Crippen molar-refractivity contribution >= 4 is 22.9 Å². The molecule has 1 spiro atoms. The van der Waals surface area contributed by atoms with Crippen molar-refractivity contribution < 1.29 is 23.4 Å². The van der Waals surface area contributed by atoms with Gasteiger partial charge in [-0.05, 0) is 44.9 Å². The van der Waals surface area contributed by atoms with Crippen LogP contribution in [-0.2, 0) is 16.9 Å². The summed E-state index contributed by atoms with van der Waals surface area (Å²) in [6.07, 6.45) is 3.16. The highest BCUT2D eigenvalue weighted by molar-refractivity contribution is 5.89. The number of halogens is 2. The Labute approximate surface area is 200 Å². The molecule has 0 radical (unpaired) electrons. The van der Waals surface area contributed by atoms with E-state index in [0.29, 0.717) is 22.3 Å². The Morgan fingerprint density at radius 2 is 2.06 bits per heavy atom. The zero-order valence-electron chi connectivity index (χ0n) is 19.3. The summed E-state index contributed by atoms with van der Waals surface area (Å²) in [5.74, 6) is -3.82. The number of aliphatic hydroxyl groups is 1. The van der Waals surface area contributed by atoms with Crippen LogP contribution >= 0.6 is 0 Å². The minimum Gasteiger partial charge on any atom is -0.441 e. The SMILES string of the molecule is CC(C)(O)c1cnc(N2C[C@]3(CCC(F)(F)[C@@H](Cn4cnc5ccc(C#N)cc54)C3)OC2=O)cn1. The molecule has 2 aliphatic rings. The summed E-state index contributed by atoms with van der Waals surface area (Å²) in [4.78, 5) is 26.7. The van der Waals surface area contributed by atoms with Crippen molar-refractivity contribution in [1.29, 1.82) is 5.26 Å². The Kier molecular flexibility index (Phi) is 5.25. The molecule has 3 aromatic rings. The number of benzene rings is 1. The molecule has 9 nitrogen and oxygen atoms in total. The van der Waals surface area contributed by atoms with Gasteiger partial charge in [-0.3, -0.25) is 9.88 Å². The van der Waals surface area contributed by atoms with Crippen molar-refractivity contribution in [3.63, 3.8) is 0 Å². The second kappa shape index (κ2) is 7.95. The van der Waals surface area contributed by atoms with Gasteiger partial charge in [-0.1, -0.05) is 0 Å². The van der Waals surface area contributed by atoms with Gasteiger partial charge in [0.15, 0.2) is 5.82 Å². The molecule has 1 amide bonds. The first kappa shape index (κ1) is 23.1. The van der Waals surface area contributed by atoms with E-state index in [4.69, 9.17) is 4.74 Å². The maximum Gasteiger partial charge on any atom is 0.416 e. The number of alkyl halides is 2. The molecule has 5 rings (SSSR count). The Bertz CT molecular complexity index is 1330. The van der Waals surface area contributed by atoms with E-state index >= 15 is 8.78 Å². The topological polar surface area (TPSA) is 117 Å². The number of nitrogens with zero attached hydrogens (tertiary/aromatic N) is 6. The van der Waals surface area contributed by atoms with Crippen molar-refractivity contribution in [1.82, 2.24) is 19.5 Å². The van der Waals surface area contributed by atoms with Gasteiger partial charge >= 0.3 is 6.09 Å². The van der Waals surface area contributed by atoms with Crippen LogP contribution in [-0.4, -0.2) is 48.8 Å². The molecular weight excluding hydrogens is 458 g/mol. The van der Waals surface area contributed by atoms with Crippen molar-refractivity contribution in [3.05, 3.63) is 48.2 Å². The van der Waals surface area contributed by atoms with Gasteiger partial charge < -0.3 is 14.4 Å². The average Bonchev–Trinajstić information content (AvgIpc) is 3.36. The zero-order valence-corrected chi connectivity index (χ0v) is 19.3. The lowest BCUT2D eigenvalue weighted by molar-refractivity contribution is -0.139. The van der Waals surface area contributed by atoms with Crippen LogP contribution in [0.5, 0.6) is 0 Å². The smallest absolute Gasteiger partial charge is 0.416 e. The monoisotopic (exact) mass is 482 g/mol. The molecule has 1 aliphatic heterocycles. The summed E-state index contributed by atoms with van der Waals surface area (Å²) in [7, 11) is 0. The summed E-state index contributed by atoms with van der Waals surface area (Å²) >= 11 is 0. The minimum absolute atomic E-state index is 0.0250. The lowest BCUT2D eigenvalue weighted by Gasteiger charge is -2.40. The molecule has 2 atom stereocenters. The Morgan fingerprint density at radius 1 is 1.26 bits per heavy atom. The molecule has 0 bridgehead atoms. The summed E-state index contributed by atoms with van der Waals surface area (Å²) < 4.78 is 37.4. The number of hydrogen-bond acceptors (Lipinski definition) is 7. The summed E-state index contributed by atoms with van der Waals surface area (Å²) in [5.41, 5.74) is -0.285. The molecule has 1 aromatic carbocycles. The lowest BCUT2D eigenvalue weighted by atomic mass is 9.75. The fraction of sp³-hybridized carbons (Fsp3) is 0.458. The quantitative estimate of drug-likeness (QED) is 0.602. The number of nitriles is 1. The number of carbonyl (C=O) groups is 1. The Balaban J connectivity index is 1.38. The normalized spacial score (nSPS) is 24.1. The van der Waals surface area contributed by atoms with Gasteiger partial charge in [0.2, 0.25) is 0 Å². The molecule has 1 saturated heterocycles. The van der Waals surface area contributed by atoms with E-state index in [0.717, 1.165) is 0 Å². The molecule has 2 aromatic heterocycles. The first-order chi connectivity index (χ1) is 16.5. The molecule has 35 heavy (non-hydrogen) atoms. The first-order valence-electron chi connectivity index (χ1n) is 11.3. The fourth-order valence-electron chi connectivity index (χ4n) is 4.82. The predicted octanol–water partition coefficient (Wildman–Crippen LogP) is 3.76. The van der Waals surface area contributed by atoms with E-state index in [2.05, 4.69) is 21.0 Å². The fourth-order valence-corrected chi connectivity index (χ4v) is 4.82. The van der Waals surface area contributed by atoms with Crippen LogP contribution in [0.25, 0.3) is 11.0 Å². The van der Waals surface area contributed by atoms with Gasteiger partial charge in [-0.2, -0.15) is 5.26 Å². The van der Waals surface area contributed by atoms with Gasteiger partial charge in [-0.25, -0.2) is 23.5 Å². The van der Waals surface area contributed by atoms with Crippen LogP contribution < -0.4 is 4.90 Å². The van der Waals surface area contributed by atoms with Gasteiger partial charge in [0, 0.05) is 18.9 Å². The van der Waals surface area contributed by atoms with Gasteiger partial charge in [0.25, 0.3) is 5.92 Å². The molecule has 1 saturated carbocycles. The van der Waals surface area contributed by atoms with Crippen molar-refractivity contribution in [2.45, 2.75) is 56.8 Å². The highest BCUT2D eigenvalue weighted by Gasteiger charge is 2.56. The predicted molar refractivity (Wildman–Crippen MR) is 121 cm³/mol. The van der Waals surface area contributed by atoms with E-state index < -0.39 is 35.6 Å². The van der Waals surface area contributed by atoms with Crippen LogP contribution in [0.15, 0.2) is 36.9 Å². The van der Waals surface area contributed by atoms with E-state index in [1.165, 1.54) is 23.6 Å². The third-order valence-electron chi connectivity index (χ3n) is 6.81. The summed E-state index contributed by atoms with van der Waals surface area (Å²) in [5, 5.41) is 19.3. The first-order valence-corrected chi connectivity index (χ1v) is 11.3. The number of aromatic nitrogens is 4. The number of rotatable bonds is 4. The third-order valence-corrected chi connectivity index (χ3v) is 6.81. The molecule has 1 N–H and O–H groups in total. The second-order valence-corrected chi connectivity index (χ2v) is 9.83. The number of ether oxygens (including phenoxy) is 1. The van der Waals surface area contributed by atoms with Crippen LogP contribution in [0.1, 0.15) is 44.4 Å². The Hall–Kier alpha value is -3.65.